The molecule has 1 N–H and O–H groups in total. The van der Waals surface area contributed by atoms with Gasteiger partial charge in [0.15, 0.2) is 0 Å². The zero-order valence-electron chi connectivity index (χ0n) is 11.3. The van der Waals surface area contributed by atoms with Crippen LogP contribution in [0.1, 0.15) is 21.5 Å². The molecule has 0 bridgehead atoms. The van der Waals surface area contributed by atoms with Gasteiger partial charge in [0.25, 0.3) is 15.0 Å². The molecule has 2 rings (SSSR count). The van der Waals surface area contributed by atoms with Crippen molar-refractivity contribution in [2.45, 2.75) is 18.7 Å². The molecule has 0 aliphatic heterocycles. The van der Waals surface area contributed by atoms with Gasteiger partial charge in [-0.2, -0.15) is 0 Å². The van der Waals surface area contributed by atoms with Crippen molar-refractivity contribution in [3.05, 3.63) is 47.5 Å². The van der Waals surface area contributed by atoms with Crippen molar-refractivity contribution >= 4 is 31.3 Å². The van der Waals surface area contributed by atoms with E-state index >= 15 is 0 Å². The number of hydrogen-bond donors (Lipinski definition) is 1. The monoisotopic (exact) mass is 325 g/mol. The first-order chi connectivity index (χ1) is 9.79. The van der Waals surface area contributed by atoms with E-state index < -0.39 is 9.05 Å². The number of hydrogen-bond acceptors (Lipinski definition) is 5. The Morgan fingerprint density at radius 1 is 1.14 bits per heavy atom. The van der Waals surface area contributed by atoms with Gasteiger partial charge in [-0.25, -0.2) is 18.4 Å². The van der Waals surface area contributed by atoms with Gasteiger partial charge in [0.1, 0.15) is 6.33 Å². The standard InChI is InChI=1S/C13H12ClN3O3S/c1-8-3-11(21(14,19)20)4-9(2)12(8)17-13(18)10-5-15-7-16-6-10/h3-7H,1-2H3,(H,17,18). The molecule has 0 spiro atoms. The molecule has 0 fully saturated rings. The van der Waals surface area contributed by atoms with Crippen molar-refractivity contribution in [2.75, 3.05) is 5.32 Å². The average Bonchev–Trinajstić information content (AvgIpc) is 2.42. The molecule has 1 aromatic carbocycles. The molecule has 2 aromatic rings. The van der Waals surface area contributed by atoms with E-state index in [2.05, 4.69) is 15.3 Å². The van der Waals surface area contributed by atoms with Crippen molar-refractivity contribution in [3.63, 3.8) is 0 Å². The van der Waals surface area contributed by atoms with E-state index in [1.54, 1.807) is 13.8 Å². The van der Waals surface area contributed by atoms with E-state index in [1.165, 1.54) is 30.9 Å². The van der Waals surface area contributed by atoms with Gasteiger partial charge in [-0.05, 0) is 37.1 Å². The highest BCUT2D eigenvalue weighted by atomic mass is 35.7. The summed E-state index contributed by atoms with van der Waals surface area (Å²) in [5.74, 6) is -0.372. The normalized spacial score (nSPS) is 11.2. The van der Waals surface area contributed by atoms with Crippen LogP contribution < -0.4 is 5.32 Å². The molecule has 8 heteroatoms. The predicted molar refractivity (Wildman–Crippen MR) is 78.9 cm³/mol. The maximum absolute atomic E-state index is 12.1. The second-order valence-corrected chi connectivity index (χ2v) is 7.02. The summed E-state index contributed by atoms with van der Waals surface area (Å²) in [7, 11) is 1.52. The first kappa shape index (κ1) is 15.4. The Hall–Kier alpha value is -1.99. The lowest BCUT2D eigenvalue weighted by Gasteiger charge is -2.12. The summed E-state index contributed by atoms with van der Waals surface area (Å²) >= 11 is 0. The summed E-state index contributed by atoms with van der Waals surface area (Å²) in [4.78, 5) is 19.6. The minimum absolute atomic E-state index is 0.000195. The molecular weight excluding hydrogens is 314 g/mol. The van der Waals surface area contributed by atoms with E-state index in [9.17, 15) is 13.2 Å². The van der Waals surface area contributed by atoms with Gasteiger partial charge >= 0.3 is 0 Å². The highest BCUT2D eigenvalue weighted by Gasteiger charge is 2.16. The molecule has 0 aliphatic rings. The van der Waals surface area contributed by atoms with Crippen LogP contribution in [0.5, 0.6) is 0 Å². The lowest BCUT2D eigenvalue weighted by atomic mass is 10.1. The summed E-state index contributed by atoms with van der Waals surface area (Å²) in [6.07, 6.45) is 4.11. The topological polar surface area (TPSA) is 89.0 Å². The Bertz CT molecular complexity index is 769. The molecule has 110 valence electrons. The third kappa shape index (κ3) is 3.56. The van der Waals surface area contributed by atoms with Gasteiger partial charge in [-0.15, -0.1) is 0 Å². The van der Waals surface area contributed by atoms with Crippen molar-refractivity contribution in [1.82, 2.24) is 9.97 Å². The Balaban J connectivity index is 2.36. The van der Waals surface area contributed by atoms with Crippen LogP contribution in [0.2, 0.25) is 0 Å². The largest absolute Gasteiger partial charge is 0.321 e. The highest BCUT2D eigenvalue weighted by molar-refractivity contribution is 8.13. The number of rotatable bonds is 3. The Kier molecular flexibility index (Phi) is 4.24. The van der Waals surface area contributed by atoms with Crippen LogP contribution in [-0.2, 0) is 9.05 Å². The van der Waals surface area contributed by atoms with Gasteiger partial charge in [0.2, 0.25) is 0 Å². The molecule has 0 aliphatic carbocycles. The van der Waals surface area contributed by atoms with Crippen LogP contribution >= 0.6 is 10.7 Å². The fourth-order valence-electron chi connectivity index (χ4n) is 1.86. The summed E-state index contributed by atoms with van der Waals surface area (Å²) in [6, 6.07) is 2.82. The predicted octanol–water partition coefficient (Wildman–Crippen LogP) is 2.27. The van der Waals surface area contributed by atoms with Crippen LogP contribution in [0.15, 0.2) is 35.7 Å². The number of carbonyl (C=O) groups excluding carboxylic acids is 1. The zero-order chi connectivity index (χ0) is 15.6. The molecule has 0 saturated carbocycles. The minimum atomic E-state index is -3.81. The Morgan fingerprint density at radius 3 is 2.14 bits per heavy atom. The fraction of sp³-hybridized carbons (Fsp3) is 0.154. The SMILES string of the molecule is Cc1cc(S(=O)(=O)Cl)cc(C)c1NC(=O)c1cncnc1. The van der Waals surface area contributed by atoms with Gasteiger partial charge in [0, 0.05) is 28.8 Å². The van der Waals surface area contributed by atoms with Gasteiger partial charge in [-0.3, -0.25) is 4.79 Å². The molecule has 0 atom stereocenters. The van der Waals surface area contributed by atoms with Crippen LogP contribution in [0.4, 0.5) is 5.69 Å². The number of benzene rings is 1. The number of nitrogens with zero attached hydrogens (tertiary/aromatic N) is 2. The second kappa shape index (κ2) is 5.79. The first-order valence-corrected chi connectivity index (χ1v) is 8.22. The summed E-state index contributed by atoms with van der Waals surface area (Å²) in [5.41, 5.74) is 2.04. The van der Waals surface area contributed by atoms with Crippen LogP contribution in [0.3, 0.4) is 0 Å². The molecule has 1 heterocycles. The van der Waals surface area contributed by atoms with E-state index in [-0.39, 0.29) is 10.8 Å². The molecular formula is C13H12ClN3O3S. The maximum Gasteiger partial charge on any atom is 0.261 e. The van der Waals surface area contributed by atoms with E-state index in [0.29, 0.717) is 22.4 Å². The summed E-state index contributed by atoms with van der Waals surface area (Å²) in [6.45, 7) is 3.38. The number of aryl methyl sites for hydroxylation is 2. The van der Waals surface area contributed by atoms with Crippen LogP contribution in [0.25, 0.3) is 0 Å². The quantitative estimate of drug-likeness (QED) is 0.874. The maximum atomic E-state index is 12.1. The third-order valence-corrected chi connectivity index (χ3v) is 4.18. The Labute approximate surface area is 126 Å². The van der Waals surface area contributed by atoms with Crippen molar-refractivity contribution < 1.29 is 13.2 Å². The summed E-state index contributed by atoms with van der Waals surface area (Å²) in [5, 5.41) is 2.72. The Morgan fingerprint density at radius 2 is 1.67 bits per heavy atom. The molecule has 6 nitrogen and oxygen atoms in total. The van der Waals surface area contributed by atoms with Crippen LogP contribution in [-0.4, -0.2) is 24.3 Å². The van der Waals surface area contributed by atoms with Gasteiger partial charge in [0.05, 0.1) is 10.5 Å². The minimum Gasteiger partial charge on any atom is -0.321 e. The van der Waals surface area contributed by atoms with E-state index in [0.717, 1.165) is 0 Å². The fourth-order valence-corrected chi connectivity index (χ4v) is 2.77. The van der Waals surface area contributed by atoms with Gasteiger partial charge < -0.3 is 5.32 Å². The molecule has 1 aromatic heterocycles. The second-order valence-electron chi connectivity index (χ2n) is 4.45. The molecule has 21 heavy (non-hydrogen) atoms. The number of amides is 1. The van der Waals surface area contributed by atoms with Crippen molar-refractivity contribution in [3.8, 4) is 0 Å². The number of carbonyl (C=O) groups is 1. The molecule has 0 unspecified atom stereocenters. The van der Waals surface area contributed by atoms with Gasteiger partial charge in [-0.1, -0.05) is 0 Å². The zero-order valence-corrected chi connectivity index (χ0v) is 12.9. The molecule has 0 saturated heterocycles. The highest BCUT2D eigenvalue weighted by Crippen LogP contribution is 2.26. The van der Waals surface area contributed by atoms with E-state index in [1.807, 2.05) is 0 Å². The average molecular weight is 326 g/mol. The number of nitrogens with one attached hydrogen (secondary N) is 1. The molecule has 0 radical (unpaired) electrons. The lowest BCUT2D eigenvalue weighted by molar-refractivity contribution is 0.102. The van der Waals surface area contributed by atoms with E-state index in [4.69, 9.17) is 10.7 Å². The van der Waals surface area contributed by atoms with Crippen molar-refractivity contribution in [1.29, 1.82) is 0 Å². The number of aromatic nitrogens is 2. The molecule has 1 amide bonds. The third-order valence-electron chi connectivity index (χ3n) is 2.85. The number of anilines is 1. The number of halogens is 1. The smallest absolute Gasteiger partial charge is 0.261 e. The summed E-state index contributed by atoms with van der Waals surface area (Å²) < 4.78 is 22.7. The first-order valence-electron chi connectivity index (χ1n) is 5.91. The van der Waals surface area contributed by atoms with Crippen molar-refractivity contribution in [2.24, 2.45) is 0 Å². The lowest BCUT2D eigenvalue weighted by Crippen LogP contribution is -2.14. The van der Waals surface area contributed by atoms with Crippen LogP contribution in [0, 0.1) is 13.8 Å².